The van der Waals surface area contributed by atoms with Crippen LogP contribution in [-0.4, -0.2) is 158 Å². The second-order valence-electron chi connectivity index (χ2n) is 18.9. The van der Waals surface area contributed by atoms with Crippen LogP contribution in [0.2, 0.25) is 5.02 Å². The minimum absolute atomic E-state index is 0. The van der Waals surface area contributed by atoms with Gasteiger partial charge in [0.25, 0.3) is 11.6 Å². The number of carboxylic acid groups (broad SMARTS) is 4. The Balaban J connectivity index is 0.000000205. The number of benzene rings is 3. The van der Waals surface area contributed by atoms with Crippen molar-refractivity contribution in [1.29, 1.82) is 0 Å². The number of aromatic hydroxyl groups is 1. The molecule has 2 unspecified atom stereocenters. The van der Waals surface area contributed by atoms with Crippen molar-refractivity contribution in [3.63, 3.8) is 0 Å². The van der Waals surface area contributed by atoms with Gasteiger partial charge in [0.15, 0.2) is 12.1 Å². The summed E-state index contributed by atoms with van der Waals surface area (Å²) < 4.78 is 11.6. The van der Waals surface area contributed by atoms with Crippen molar-refractivity contribution in [2.45, 2.75) is 84.5 Å². The maximum absolute atomic E-state index is 13.1. The number of halogens is 1. The summed E-state index contributed by atoms with van der Waals surface area (Å²) in [6.45, 7) is 6.34. The van der Waals surface area contributed by atoms with Crippen LogP contribution in [-0.2, 0) is 74.4 Å². The number of thiophene rings is 1. The van der Waals surface area contributed by atoms with E-state index < -0.39 is 99.2 Å². The summed E-state index contributed by atoms with van der Waals surface area (Å²) in [7, 11) is 2.67. The average Bonchev–Trinajstić information content (AvgIpc) is 4.33. The van der Waals surface area contributed by atoms with Crippen LogP contribution in [0.25, 0.3) is 0 Å². The average molecular weight is 1210 g/mol. The Morgan fingerprint density at radius 1 is 0.938 bits per heavy atom. The molecule has 5 aliphatic heterocycles. The normalized spacial score (nSPS) is 21.8. The number of amides is 4. The number of hydrogen-bond acceptors (Lipinski definition) is 20. The predicted octanol–water partition coefficient (Wildman–Crippen LogP) is -5.34. The van der Waals surface area contributed by atoms with Crippen LogP contribution in [0.15, 0.2) is 107 Å². The number of phenols is 1. The fraction of sp³-hybridized carbons (Fsp3) is 0.353. The second kappa shape index (κ2) is 27.3. The number of hydrogen-bond donors (Lipinski definition) is 5. The largest absolute Gasteiger partial charge is 1.00 e. The second-order valence-corrected chi connectivity index (χ2v) is 23.0. The Morgan fingerprint density at radius 2 is 1.60 bits per heavy atom. The van der Waals surface area contributed by atoms with Gasteiger partial charge in [-0.15, -0.1) is 28.2 Å². The minimum atomic E-state index is -2.20. The van der Waals surface area contributed by atoms with Crippen molar-refractivity contribution in [2.75, 3.05) is 26.0 Å². The van der Waals surface area contributed by atoms with E-state index in [0.29, 0.717) is 10.7 Å². The summed E-state index contributed by atoms with van der Waals surface area (Å²) in [5.74, 6) is -12.7. The van der Waals surface area contributed by atoms with Gasteiger partial charge >= 0.3 is 71.1 Å². The van der Waals surface area contributed by atoms with Gasteiger partial charge in [0.05, 0.1) is 24.2 Å². The zero-order valence-electron chi connectivity index (χ0n) is 44.3. The molecule has 30 heteroatoms. The monoisotopic (exact) mass is 1210 g/mol. The smallest absolute Gasteiger partial charge is 0.549 e. The topological polar surface area (TPSA) is 339 Å². The number of aliphatic carboxylic acids is 4. The molecule has 416 valence electrons. The first-order valence-corrected chi connectivity index (χ1v) is 27.1. The van der Waals surface area contributed by atoms with E-state index in [-0.39, 0.29) is 88.4 Å². The van der Waals surface area contributed by atoms with E-state index in [1.54, 1.807) is 44.0 Å². The molecule has 10 rings (SSSR count). The molecule has 0 spiro atoms. The maximum atomic E-state index is 13.1. The molecule has 7 heterocycles. The first-order chi connectivity index (χ1) is 37.6. The third-order valence-corrected chi connectivity index (χ3v) is 17.5. The Hall–Kier alpha value is -5.40. The fourth-order valence-electron chi connectivity index (χ4n) is 9.60. The van der Waals surface area contributed by atoms with Crippen molar-refractivity contribution in [3.8, 4) is 5.75 Å². The number of phenolic OH excluding ortho intramolecular Hbond substituents is 1. The van der Waals surface area contributed by atoms with E-state index in [1.165, 1.54) is 75.3 Å². The van der Waals surface area contributed by atoms with Crippen LogP contribution in [0, 0.1) is 0 Å². The number of nitrogens with zero attached hydrogens (tertiary/aromatic N) is 7. The summed E-state index contributed by atoms with van der Waals surface area (Å²) in [4.78, 5) is 104. The van der Waals surface area contributed by atoms with Crippen molar-refractivity contribution in [2.24, 2.45) is 7.05 Å². The van der Waals surface area contributed by atoms with Gasteiger partial charge in [0.1, 0.15) is 29.1 Å². The molecule has 5 aliphatic rings. The first-order valence-electron chi connectivity index (χ1n) is 24.0. The summed E-state index contributed by atoms with van der Waals surface area (Å²) in [5.41, 5.74) is 0.535. The molecule has 0 saturated carbocycles. The van der Waals surface area contributed by atoms with Crippen LogP contribution in [0.4, 0.5) is 0 Å². The summed E-state index contributed by atoms with van der Waals surface area (Å²) in [5, 5.41) is 70.5. The molecule has 5 N–H and O–H groups in total. The molecular formula is C51H50ClN9Na2O15S3. The van der Waals surface area contributed by atoms with Crippen molar-refractivity contribution < 1.29 is 132 Å². The number of nitrogens with one attached hydrogen (secondary N) is 2. The third kappa shape index (κ3) is 13.7. The molecule has 0 bridgehead atoms. The maximum Gasteiger partial charge on any atom is 1.00 e. The standard InChI is InChI=1S/C20H20N6O9S.C17H18N2O6S.C14H14ClNS.2Na/c1-25-19(22-23-24-25)36-8-10-7-35-18-20(34-2,17(33)26(18)13(10)16(31)32)21-14(28)12(15(29)30)9-3-5-11(27)6-4-9;1-17(2)11(16(24)25)19-13(21)10(14(19)26-17)18-12(20)9(15(22)23)8-6-4-3-5-7-8;15-13-4-2-1-3-11(13)9-16-7-5-14-12(10-16)6-8-17-14;;/h3-6,12,18,27H,7-8H2,1-2H3,(H,21,28)(H,29,30)(H,31,32);3-7,9-11,14H,1-2H3,(H,18,20)(H,22,23)(H,24,25);1-4,6,8H,5,7,9-10H2;;/q;;;2*+1/p-2/t12?,18-,20+;9?,10-,11+,14-;;;/m11.../s1. The number of carboxylic acids is 4. The Kier molecular flexibility index (Phi) is 21.9. The van der Waals surface area contributed by atoms with Gasteiger partial charge in [0.2, 0.25) is 22.9 Å². The van der Waals surface area contributed by atoms with Gasteiger partial charge in [0, 0.05) is 54.2 Å². The number of carbonyl (C=O) groups is 8. The molecular weight excluding hydrogens is 1160 g/mol. The predicted molar refractivity (Wildman–Crippen MR) is 278 cm³/mol. The van der Waals surface area contributed by atoms with Gasteiger partial charge in [-0.1, -0.05) is 84.0 Å². The molecule has 5 aromatic rings. The van der Waals surface area contributed by atoms with Gasteiger partial charge < -0.3 is 60.1 Å². The van der Waals surface area contributed by atoms with Gasteiger partial charge in [-0.05, 0) is 88.2 Å². The quantitative estimate of drug-likeness (QED) is 0.0202. The number of aromatic nitrogens is 4. The Bertz CT molecular complexity index is 3230. The summed E-state index contributed by atoms with van der Waals surface area (Å²) in [6, 6.07) is 21.2. The summed E-state index contributed by atoms with van der Waals surface area (Å²) in [6.07, 6.45) is -0.239. The zero-order valence-corrected chi connectivity index (χ0v) is 51.5. The molecule has 3 fully saturated rings. The zero-order chi connectivity index (χ0) is 57.1. The van der Waals surface area contributed by atoms with Crippen LogP contribution in [0.3, 0.4) is 0 Å². The Morgan fingerprint density at radius 3 is 2.21 bits per heavy atom. The Labute approximate surface area is 524 Å². The summed E-state index contributed by atoms with van der Waals surface area (Å²) >= 11 is 10.5. The molecule has 3 aromatic carbocycles. The molecule has 4 amide bonds. The number of tetrazole rings is 1. The van der Waals surface area contributed by atoms with Crippen LogP contribution in [0.5, 0.6) is 5.75 Å². The number of aryl methyl sites for hydroxylation is 1. The molecule has 0 aliphatic carbocycles. The van der Waals surface area contributed by atoms with Crippen molar-refractivity contribution in [3.05, 3.63) is 134 Å². The third-order valence-electron chi connectivity index (χ3n) is 13.5. The van der Waals surface area contributed by atoms with Crippen molar-refractivity contribution >= 4 is 94.0 Å². The molecule has 24 nitrogen and oxygen atoms in total. The van der Waals surface area contributed by atoms with Crippen LogP contribution in [0.1, 0.15) is 52.8 Å². The van der Waals surface area contributed by atoms with E-state index in [0.717, 1.165) is 48.4 Å². The van der Waals surface area contributed by atoms with Gasteiger partial charge in [-0.3, -0.25) is 33.8 Å². The van der Waals surface area contributed by atoms with Gasteiger partial charge in [-0.25, -0.2) is 9.48 Å². The number of thioether (sulfide) groups is 2. The number of β-lactam (4-membered cyclic amide) rings is 2. The molecule has 3 saturated heterocycles. The van der Waals surface area contributed by atoms with E-state index in [9.17, 15) is 63.9 Å². The van der Waals surface area contributed by atoms with Crippen LogP contribution >= 0.6 is 46.5 Å². The van der Waals surface area contributed by atoms with E-state index in [4.69, 9.17) is 21.1 Å². The van der Waals surface area contributed by atoms with E-state index in [1.807, 2.05) is 23.5 Å². The minimum Gasteiger partial charge on any atom is -0.549 e. The molecule has 7 atom stereocenters. The number of carbonyl (C=O) groups excluding carboxylic acids is 6. The van der Waals surface area contributed by atoms with Crippen molar-refractivity contribution in [1.82, 2.24) is 45.5 Å². The number of ether oxygens (including phenoxy) is 2. The molecule has 0 radical (unpaired) electrons. The number of fused-ring (bicyclic) bond motifs is 3. The number of methoxy groups -OCH3 is 1. The first kappa shape index (κ1) is 64.8. The molecule has 2 aromatic heterocycles. The van der Waals surface area contributed by atoms with E-state index >= 15 is 0 Å². The fourth-order valence-corrected chi connectivity index (χ4v) is 13.1. The van der Waals surface area contributed by atoms with Crippen LogP contribution < -0.4 is 80.0 Å². The molecule has 81 heavy (non-hydrogen) atoms. The van der Waals surface area contributed by atoms with E-state index in [2.05, 4.69) is 54.6 Å². The van der Waals surface area contributed by atoms with Gasteiger partial charge in [-0.2, -0.15) is 0 Å². The SMILES string of the molecule is CC1(C)S[C@@H]2[C@H](NC(=O)C(C(=O)O)c3ccccc3)C(=O)N2[C@H]1C(=O)O.CO[C@@]1(NC(=O)C(C(=O)[O-])c2ccc(O)cc2)C(=O)N2C(C(=O)[O-])=C(CSc3nnnn3C)CO[C@@H]21.Clc1ccccc1CN1CCc2sccc2C1.[Na+].[Na+]. The number of rotatable bonds is 16.